The number of hydrogen-bond acceptors (Lipinski definition) is 6. The predicted octanol–water partition coefficient (Wildman–Crippen LogP) is 2.18. The largest absolute Gasteiger partial charge is 0.480 e. The molecule has 1 heterocycles. The number of nitrogens with one attached hydrogen (secondary N) is 2. The normalized spacial score (nSPS) is 12.4. The SMILES string of the molecule is O=C(C[C@H](NC(=O)[C@H](Cc1ccccc1)n1c(=O)[nH]c2ccccc2c1=O)C(=O)O)OCc1ccccc1. The Morgan fingerprint density at radius 1 is 0.868 bits per heavy atom. The average Bonchev–Trinajstić information content (AvgIpc) is 2.92. The van der Waals surface area contributed by atoms with Gasteiger partial charge >= 0.3 is 17.6 Å². The van der Waals surface area contributed by atoms with Crippen LogP contribution in [0.4, 0.5) is 0 Å². The molecule has 0 saturated heterocycles. The highest BCUT2D eigenvalue weighted by atomic mass is 16.5. The maximum Gasteiger partial charge on any atom is 0.329 e. The van der Waals surface area contributed by atoms with E-state index in [2.05, 4.69) is 10.3 Å². The number of nitrogens with zero attached hydrogens (tertiary/aromatic N) is 1. The van der Waals surface area contributed by atoms with E-state index in [1.165, 1.54) is 6.07 Å². The third kappa shape index (κ3) is 6.22. The fourth-order valence-electron chi connectivity index (χ4n) is 4.03. The molecule has 0 saturated carbocycles. The number of aromatic amines is 1. The first kappa shape index (κ1) is 26.1. The van der Waals surface area contributed by atoms with E-state index in [1.54, 1.807) is 78.9 Å². The van der Waals surface area contributed by atoms with E-state index in [0.29, 0.717) is 11.1 Å². The maximum atomic E-state index is 13.4. The molecule has 3 N–H and O–H groups in total. The lowest BCUT2D eigenvalue weighted by molar-refractivity contribution is -0.151. The first-order valence-corrected chi connectivity index (χ1v) is 11.8. The van der Waals surface area contributed by atoms with Crippen molar-refractivity contribution in [2.75, 3.05) is 0 Å². The second-order valence-corrected chi connectivity index (χ2v) is 8.61. The van der Waals surface area contributed by atoms with Crippen molar-refractivity contribution in [2.24, 2.45) is 0 Å². The van der Waals surface area contributed by atoms with E-state index in [4.69, 9.17) is 4.74 Å². The minimum atomic E-state index is -1.64. The Labute approximate surface area is 216 Å². The van der Waals surface area contributed by atoms with Gasteiger partial charge in [0.05, 0.1) is 17.3 Å². The van der Waals surface area contributed by atoms with Crippen LogP contribution in [-0.4, -0.2) is 38.5 Å². The molecular formula is C28H25N3O7. The molecule has 194 valence electrons. The van der Waals surface area contributed by atoms with E-state index in [9.17, 15) is 29.1 Å². The molecule has 0 aliphatic heterocycles. The second-order valence-electron chi connectivity index (χ2n) is 8.61. The third-order valence-corrected chi connectivity index (χ3v) is 5.95. The molecule has 10 heteroatoms. The van der Waals surface area contributed by atoms with Gasteiger partial charge in [-0.05, 0) is 23.3 Å². The lowest BCUT2D eigenvalue weighted by atomic mass is 10.0. The topological polar surface area (TPSA) is 148 Å². The lowest BCUT2D eigenvalue weighted by Gasteiger charge is -2.22. The Bertz CT molecular complexity index is 1560. The molecule has 4 aromatic rings. The Morgan fingerprint density at radius 2 is 1.47 bits per heavy atom. The van der Waals surface area contributed by atoms with Gasteiger partial charge in [-0.15, -0.1) is 0 Å². The van der Waals surface area contributed by atoms with Crippen LogP contribution in [0.1, 0.15) is 23.6 Å². The molecule has 0 radical (unpaired) electrons. The maximum absolute atomic E-state index is 13.4. The third-order valence-electron chi connectivity index (χ3n) is 5.95. The van der Waals surface area contributed by atoms with Gasteiger partial charge in [0, 0.05) is 6.42 Å². The molecule has 10 nitrogen and oxygen atoms in total. The number of para-hydroxylation sites is 1. The molecule has 0 unspecified atom stereocenters. The zero-order chi connectivity index (χ0) is 27.1. The summed E-state index contributed by atoms with van der Waals surface area (Å²) in [6.07, 6.45) is -0.715. The van der Waals surface area contributed by atoms with Crippen molar-refractivity contribution >= 4 is 28.7 Å². The highest BCUT2D eigenvalue weighted by Gasteiger charge is 2.31. The summed E-state index contributed by atoms with van der Waals surface area (Å²) in [5, 5.41) is 12.2. The van der Waals surface area contributed by atoms with E-state index < -0.39 is 47.6 Å². The van der Waals surface area contributed by atoms with Gasteiger partial charge in [0.1, 0.15) is 18.7 Å². The van der Waals surface area contributed by atoms with Gasteiger partial charge in [-0.25, -0.2) is 14.2 Å². The Kier molecular flexibility index (Phi) is 8.12. The average molecular weight is 516 g/mol. The molecule has 4 rings (SSSR count). The summed E-state index contributed by atoms with van der Waals surface area (Å²) < 4.78 is 5.93. The number of carbonyl (C=O) groups is 3. The fraction of sp³-hybridized carbons (Fsp3) is 0.179. The van der Waals surface area contributed by atoms with Crippen LogP contribution >= 0.6 is 0 Å². The summed E-state index contributed by atoms with van der Waals surface area (Å²) in [6, 6.07) is 20.9. The Morgan fingerprint density at radius 3 is 2.13 bits per heavy atom. The first-order valence-electron chi connectivity index (χ1n) is 11.8. The number of carboxylic acids is 1. The Hall–Kier alpha value is -4.99. The van der Waals surface area contributed by atoms with Crippen molar-refractivity contribution < 1.29 is 24.2 Å². The lowest BCUT2D eigenvalue weighted by Crippen LogP contribution is -2.50. The number of aliphatic carboxylic acids is 1. The van der Waals surface area contributed by atoms with Crippen molar-refractivity contribution in [3.63, 3.8) is 0 Å². The van der Waals surface area contributed by atoms with E-state index in [1.807, 2.05) is 0 Å². The number of fused-ring (bicyclic) bond motifs is 1. The van der Waals surface area contributed by atoms with Gasteiger partial charge < -0.3 is 20.1 Å². The molecule has 0 aliphatic carbocycles. The minimum absolute atomic E-state index is 0.0571. The number of hydrogen-bond donors (Lipinski definition) is 3. The number of benzene rings is 3. The van der Waals surface area contributed by atoms with Crippen LogP contribution in [0.25, 0.3) is 10.9 Å². The number of H-pyrrole nitrogens is 1. The molecule has 0 fully saturated rings. The van der Waals surface area contributed by atoms with E-state index >= 15 is 0 Å². The summed E-state index contributed by atoms with van der Waals surface area (Å²) in [7, 11) is 0. The monoisotopic (exact) mass is 515 g/mol. The zero-order valence-corrected chi connectivity index (χ0v) is 20.2. The number of ether oxygens (including phenoxy) is 1. The molecule has 0 aliphatic rings. The van der Waals surface area contributed by atoms with Crippen molar-refractivity contribution in [2.45, 2.75) is 31.5 Å². The molecule has 0 spiro atoms. The Balaban J connectivity index is 1.60. The van der Waals surface area contributed by atoms with Gasteiger partial charge in [-0.1, -0.05) is 72.8 Å². The molecule has 38 heavy (non-hydrogen) atoms. The van der Waals surface area contributed by atoms with Crippen LogP contribution in [0.15, 0.2) is 94.5 Å². The molecule has 3 aromatic carbocycles. The predicted molar refractivity (Wildman–Crippen MR) is 138 cm³/mol. The van der Waals surface area contributed by atoms with Crippen LogP contribution < -0.4 is 16.6 Å². The van der Waals surface area contributed by atoms with Crippen molar-refractivity contribution in [3.05, 3.63) is 117 Å². The minimum Gasteiger partial charge on any atom is -0.480 e. The van der Waals surface area contributed by atoms with Gasteiger partial charge in [0.15, 0.2) is 0 Å². The smallest absolute Gasteiger partial charge is 0.329 e. The highest BCUT2D eigenvalue weighted by Crippen LogP contribution is 2.15. The van der Waals surface area contributed by atoms with Gasteiger partial charge in [0.2, 0.25) is 5.91 Å². The van der Waals surface area contributed by atoms with Crippen molar-refractivity contribution in [3.8, 4) is 0 Å². The zero-order valence-electron chi connectivity index (χ0n) is 20.2. The summed E-state index contributed by atoms with van der Waals surface area (Å²) in [5.74, 6) is -3.20. The number of amides is 1. The number of esters is 1. The van der Waals surface area contributed by atoms with E-state index in [0.717, 1.165) is 10.1 Å². The number of carbonyl (C=O) groups excluding carboxylic acids is 2. The molecule has 2 atom stereocenters. The van der Waals surface area contributed by atoms with Gasteiger partial charge in [0.25, 0.3) is 5.56 Å². The van der Waals surface area contributed by atoms with Crippen LogP contribution in [0.5, 0.6) is 0 Å². The molecule has 0 bridgehead atoms. The van der Waals surface area contributed by atoms with Crippen molar-refractivity contribution in [1.82, 2.24) is 14.9 Å². The van der Waals surface area contributed by atoms with Gasteiger partial charge in [-0.2, -0.15) is 0 Å². The standard InChI is InChI=1S/C28H25N3O7/c32-24(38-17-19-11-5-2-6-12-19)16-22(27(35)36)29-25(33)23(15-18-9-3-1-4-10-18)31-26(34)20-13-7-8-14-21(20)30-28(31)37/h1-14,22-23H,15-17H2,(H,29,33)(H,30,37)(H,35,36)/t22-,23-/m0/s1. The first-order chi connectivity index (χ1) is 18.3. The van der Waals surface area contributed by atoms with Crippen LogP contribution in [-0.2, 0) is 32.1 Å². The van der Waals surface area contributed by atoms with Crippen LogP contribution in [0, 0.1) is 0 Å². The van der Waals surface area contributed by atoms with E-state index in [-0.39, 0.29) is 18.4 Å². The highest BCUT2D eigenvalue weighted by molar-refractivity contribution is 5.89. The fourth-order valence-corrected chi connectivity index (χ4v) is 4.03. The summed E-state index contributed by atoms with van der Waals surface area (Å²) >= 11 is 0. The molecule has 1 amide bonds. The van der Waals surface area contributed by atoms with Crippen LogP contribution in [0.3, 0.4) is 0 Å². The summed E-state index contributed by atoms with van der Waals surface area (Å²) in [6.45, 7) is -0.0571. The van der Waals surface area contributed by atoms with Crippen molar-refractivity contribution in [1.29, 1.82) is 0 Å². The molecular weight excluding hydrogens is 490 g/mol. The summed E-state index contributed by atoms with van der Waals surface area (Å²) in [4.78, 5) is 66.5. The number of carboxylic acid groups (broad SMARTS) is 1. The van der Waals surface area contributed by atoms with Crippen LogP contribution in [0.2, 0.25) is 0 Å². The quantitative estimate of drug-likeness (QED) is 0.274. The number of rotatable bonds is 10. The van der Waals surface area contributed by atoms with Gasteiger partial charge in [-0.3, -0.25) is 14.4 Å². The second kappa shape index (κ2) is 11.8. The summed E-state index contributed by atoms with van der Waals surface area (Å²) in [5.41, 5.74) is 0.145. The number of aromatic nitrogens is 2. The molecule has 1 aromatic heterocycles.